The maximum absolute atomic E-state index is 12.3. The molecule has 1 saturated heterocycles. The highest BCUT2D eigenvalue weighted by Crippen LogP contribution is 2.15. The smallest absolute Gasteiger partial charge is 0.317 e. The summed E-state index contributed by atoms with van der Waals surface area (Å²) in [6.45, 7) is 2.92. The van der Waals surface area contributed by atoms with Gasteiger partial charge in [0.25, 0.3) is 5.56 Å². The maximum atomic E-state index is 12.3. The number of carbonyl (C=O) groups excluding carboxylic acids is 1. The summed E-state index contributed by atoms with van der Waals surface area (Å²) in [6, 6.07) is 6.88. The van der Waals surface area contributed by atoms with Gasteiger partial charge >= 0.3 is 6.03 Å². The second-order valence-corrected chi connectivity index (χ2v) is 6.18. The Balaban J connectivity index is 1.66. The molecule has 2 heterocycles. The molecule has 3 rings (SSSR count). The molecule has 0 spiro atoms. The zero-order valence-electron chi connectivity index (χ0n) is 13.9. The standard InChI is InChI=1S/C17H22N4O3/c1-11(14-8-5-9-24-14)18-17(23)21(2)10-15-19-13-7-4-3-6-12(13)16(22)20-15/h3-4,6-7,11,14H,5,8-10H2,1-2H3,(H,18,23)(H,19,20,22)/t11-,14-/m1/s1. The number of aromatic amines is 1. The summed E-state index contributed by atoms with van der Waals surface area (Å²) in [6.07, 6.45) is 2.06. The van der Waals surface area contributed by atoms with Crippen molar-refractivity contribution in [1.82, 2.24) is 20.2 Å². The van der Waals surface area contributed by atoms with Crippen molar-refractivity contribution in [2.75, 3.05) is 13.7 Å². The Morgan fingerprint density at radius 1 is 1.50 bits per heavy atom. The fraction of sp³-hybridized carbons (Fsp3) is 0.471. The van der Waals surface area contributed by atoms with Crippen LogP contribution in [-0.2, 0) is 11.3 Å². The van der Waals surface area contributed by atoms with E-state index >= 15 is 0 Å². The molecule has 0 bridgehead atoms. The van der Waals surface area contributed by atoms with Crippen LogP contribution < -0.4 is 10.9 Å². The average Bonchev–Trinajstić information content (AvgIpc) is 3.09. The van der Waals surface area contributed by atoms with Crippen molar-refractivity contribution < 1.29 is 9.53 Å². The Morgan fingerprint density at radius 3 is 3.04 bits per heavy atom. The number of urea groups is 1. The monoisotopic (exact) mass is 330 g/mol. The van der Waals surface area contributed by atoms with Gasteiger partial charge in [0.1, 0.15) is 5.82 Å². The molecule has 2 N–H and O–H groups in total. The summed E-state index contributed by atoms with van der Waals surface area (Å²) >= 11 is 0. The molecule has 1 aromatic carbocycles. The van der Waals surface area contributed by atoms with Crippen LogP contribution in [0.5, 0.6) is 0 Å². The quantitative estimate of drug-likeness (QED) is 0.892. The number of carbonyl (C=O) groups is 1. The maximum Gasteiger partial charge on any atom is 0.317 e. The van der Waals surface area contributed by atoms with Gasteiger partial charge in [-0.2, -0.15) is 0 Å². The first-order valence-electron chi connectivity index (χ1n) is 8.16. The third-order valence-electron chi connectivity index (χ3n) is 4.27. The topological polar surface area (TPSA) is 87.3 Å². The lowest BCUT2D eigenvalue weighted by Gasteiger charge is -2.24. The normalized spacial score (nSPS) is 18.5. The first-order valence-corrected chi connectivity index (χ1v) is 8.16. The number of para-hydroxylation sites is 1. The number of H-pyrrole nitrogens is 1. The molecular weight excluding hydrogens is 308 g/mol. The van der Waals surface area contributed by atoms with Crippen LogP contribution in [0.3, 0.4) is 0 Å². The third kappa shape index (κ3) is 3.56. The molecule has 128 valence electrons. The van der Waals surface area contributed by atoms with Gasteiger partial charge in [-0.15, -0.1) is 0 Å². The second kappa shape index (κ2) is 7.00. The average molecular weight is 330 g/mol. The number of hydrogen-bond acceptors (Lipinski definition) is 4. The molecule has 0 radical (unpaired) electrons. The van der Waals surface area contributed by atoms with Crippen LogP contribution in [0.25, 0.3) is 10.9 Å². The lowest BCUT2D eigenvalue weighted by atomic mass is 10.1. The van der Waals surface area contributed by atoms with Crippen molar-refractivity contribution in [3.05, 3.63) is 40.4 Å². The third-order valence-corrected chi connectivity index (χ3v) is 4.27. The predicted octanol–water partition coefficient (Wildman–Crippen LogP) is 1.63. The van der Waals surface area contributed by atoms with E-state index in [1.165, 1.54) is 4.90 Å². The number of nitrogens with zero attached hydrogens (tertiary/aromatic N) is 2. The Bertz CT molecular complexity index is 783. The molecule has 2 amide bonds. The van der Waals surface area contributed by atoms with E-state index in [0.29, 0.717) is 16.7 Å². The predicted molar refractivity (Wildman–Crippen MR) is 90.8 cm³/mol. The summed E-state index contributed by atoms with van der Waals surface area (Å²) in [5, 5.41) is 3.48. The van der Waals surface area contributed by atoms with Crippen LogP contribution in [0.4, 0.5) is 4.79 Å². The van der Waals surface area contributed by atoms with Crippen LogP contribution in [-0.4, -0.2) is 46.7 Å². The fourth-order valence-electron chi connectivity index (χ4n) is 2.90. The fourth-order valence-corrected chi connectivity index (χ4v) is 2.90. The molecule has 24 heavy (non-hydrogen) atoms. The number of aromatic nitrogens is 2. The van der Waals surface area contributed by atoms with Crippen molar-refractivity contribution in [2.24, 2.45) is 0 Å². The highest BCUT2D eigenvalue weighted by molar-refractivity contribution is 5.77. The van der Waals surface area contributed by atoms with Crippen LogP contribution in [0.15, 0.2) is 29.1 Å². The number of nitrogens with one attached hydrogen (secondary N) is 2. The lowest BCUT2D eigenvalue weighted by Crippen LogP contribution is -2.46. The minimum atomic E-state index is -0.214. The van der Waals surface area contributed by atoms with Crippen LogP contribution in [0.2, 0.25) is 0 Å². The zero-order valence-corrected chi connectivity index (χ0v) is 13.9. The summed E-state index contributed by atoms with van der Waals surface area (Å²) in [4.78, 5) is 33.0. The van der Waals surface area contributed by atoms with E-state index in [-0.39, 0.29) is 30.3 Å². The van der Waals surface area contributed by atoms with Crippen molar-refractivity contribution in [1.29, 1.82) is 0 Å². The minimum absolute atomic E-state index is 0.0499. The minimum Gasteiger partial charge on any atom is -0.376 e. The first kappa shape index (κ1) is 16.4. The molecule has 2 aromatic rings. The van der Waals surface area contributed by atoms with Gasteiger partial charge in [0, 0.05) is 13.7 Å². The molecule has 0 unspecified atom stereocenters. The molecule has 1 aliphatic rings. The second-order valence-electron chi connectivity index (χ2n) is 6.18. The number of benzene rings is 1. The molecule has 1 aliphatic heterocycles. The van der Waals surface area contributed by atoms with Crippen LogP contribution in [0.1, 0.15) is 25.6 Å². The molecule has 1 aromatic heterocycles. The number of rotatable bonds is 4. The number of fused-ring (bicyclic) bond motifs is 1. The Labute approximate surface area is 140 Å². The Hall–Kier alpha value is -2.41. The van der Waals surface area contributed by atoms with Gasteiger partial charge in [0.2, 0.25) is 0 Å². The van der Waals surface area contributed by atoms with Crippen molar-refractivity contribution >= 4 is 16.9 Å². The van der Waals surface area contributed by atoms with E-state index in [4.69, 9.17) is 4.74 Å². The van der Waals surface area contributed by atoms with Crippen LogP contribution in [0, 0.1) is 0 Å². The van der Waals surface area contributed by atoms with E-state index in [1.54, 1.807) is 25.2 Å². The first-order chi connectivity index (χ1) is 11.5. The highest BCUT2D eigenvalue weighted by atomic mass is 16.5. The van der Waals surface area contributed by atoms with Crippen molar-refractivity contribution in [3.8, 4) is 0 Å². The van der Waals surface area contributed by atoms with Gasteiger partial charge in [-0.1, -0.05) is 12.1 Å². The van der Waals surface area contributed by atoms with E-state index in [0.717, 1.165) is 19.4 Å². The molecule has 0 saturated carbocycles. The molecule has 1 fully saturated rings. The zero-order chi connectivity index (χ0) is 17.1. The number of ether oxygens (including phenoxy) is 1. The van der Waals surface area contributed by atoms with Gasteiger partial charge in [-0.25, -0.2) is 9.78 Å². The molecule has 0 aliphatic carbocycles. The summed E-state index contributed by atoms with van der Waals surface area (Å²) < 4.78 is 5.58. The SMILES string of the molecule is C[C@@H](NC(=O)N(C)Cc1nc2ccccc2c(=O)[nH]1)[C@H]1CCCO1. The largest absolute Gasteiger partial charge is 0.376 e. The van der Waals surface area contributed by atoms with Gasteiger partial charge in [0.15, 0.2) is 0 Å². The number of hydrogen-bond donors (Lipinski definition) is 2. The van der Waals surface area contributed by atoms with Gasteiger partial charge in [0.05, 0.1) is 29.6 Å². The summed E-state index contributed by atoms with van der Waals surface area (Å²) in [5.74, 6) is 0.459. The van der Waals surface area contributed by atoms with Crippen LogP contribution >= 0.6 is 0 Å². The van der Waals surface area contributed by atoms with E-state index in [2.05, 4.69) is 15.3 Å². The molecule has 7 heteroatoms. The molecule has 7 nitrogen and oxygen atoms in total. The lowest BCUT2D eigenvalue weighted by molar-refractivity contribution is 0.0837. The van der Waals surface area contributed by atoms with Crippen molar-refractivity contribution in [2.45, 2.75) is 38.5 Å². The van der Waals surface area contributed by atoms with E-state index in [1.807, 2.05) is 13.0 Å². The van der Waals surface area contributed by atoms with Gasteiger partial charge < -0.3 is 19.9 Å². The summed E-state index contributed by atoms with van der Waals surface area (Å²) in [7, 11) is 1.67. The molecular formula is C17H22N4O3. The Morgan fingerprint density at radius 2 is 2.29 bits per heavy atom. The van der Waals surface area contributed by atoms with Gasteiger partial charge in [-0.05, 0) is 31.9 Å². The van der Waals surface area contributed by atoms with E-state index in [9.17, 15) is 9.59 Å². The van der Waals surface area contributed by atoms with Gasteiger partial charge in [-0.3, -0.25) is 4.79 Å². The summed E-state index contributed by atoms with van der Waals surface area (Å²) in [5.41, 5.74) is 0.426. The highest BCUT2D eigenvalue weighted by Gasteiger charge is 2.24. The Kier molecular flexibility index (Phi) is 4.80. The number of amides is 2. The van der Waals surface area contributed by atoms with E-state index < -0.39 is 0 Å². The van der Waals surface area contributed by atoms with Crippen molar-refractivity contribution in [3.63, 3.8) is 0 Å². The molecule has 2 atom stereocenters.